The van der Waals surface area contributed by atoms with Gasteiger partial charge in [0.05, 0.1) is 5.02 Å². The average Bonchev–Trinajstić information content (AvgIpc) is 2.11. The van der Waals surface area contributed by atoms with E-state index < -0.39 is 11.9 Å². The first-order valence-corrected chi connectivity index (χ1v) is 5.24. The third-order valence-electron chi connectivity index (χ3n) is 1.86. The average molecular weight is 283 g/mol. The third kappa shape index (κ3) is 2.67. The fourth-order valence-corrected chi connectivity index (χ4v) is 1.97. The van der Waals surface area contributed by atoms with Crippen molar-refractivity contribution in [3.8, 4) is 0 Å². The van der Waals surface area contributed by atoms with Crippen LogP contribution in [-0.4, -0.2) is 11.7 Å². The molecule has 2 nitrogen and oxygen atoms in total. The largest absolute Gasteiger partial charge is 0.396 e. The predicted molar refractivity (Wildman–Crippen MR) is 57.7 cm³/mol. The number of hydrogen-bond acceptors (Lipinski definition) is 2. The minimum absolute atomic E-state index is 0.0303. The molecule has 0 aliphatic heterocycles. The third-order valence-corrected chi connectivity index (χ3v) is 2.59. The van der Waals surface area contributed by atoms with Crippen molar-refractivity contribution in [3.63, 3.8) is 0 Å². The van der Waals surface area contributed by atoms with Crippen LogP contribution in [0.4, 0.5) is 4.39 Å². The second-order valence-electron chi connectivity index (χ2n) is 2.91. The van der Waals surface area contributed by atoms with Gasteiger partial charge in [-0.1, -0.05) is 27.5 Å². The summed E-state index contributed by atoms with van der Waals surface area (Å²) in [7, 11) is 0. The zero-order valence-electron chi connectivity index (χ0n) is 7.30. The molecule has 3 N–H and O–H groups in total. The molecule has 1 atom stereocenters. The smallest absolute Gasteiger partial charge is 0.146 e. The zero-order valence-corrected chi connectivity index (χ0v) is 9.65. The van der Waals surface area contributed by atoms with Gasteiger partial charge in [-0.05, 0) is 18.6 Å². The van der Waals surface area contributed by atoms with Crippen LogP contribution in [0.25, 0.3) is 0 Å². The molecule has 0 radical (unpaired) electrons. The molecule has 0 unspecified atom stereocenters. The van der Waals surface area contributed by atoms with E-state index in [1.54, 1.807) is 6.07 Å². The van der Waals surface area contributed by atoms with Gasteiger partial charge in [0.15, 0.2) is 0 Å². The van der Waals surface area contributed by atoms with E-state index in [0.717, 1.165) is 0 Å². The van der Waals surface area contributed by atoms with Crippen LogP contribution in [0.2, 0.25) is 5.02 Å². The fourth-order valence-electron chi connectivity index (χ4n) is 1.14. The molecule has 0 aliphatic rings. The highest BCUT2D eigenvalue weighted by atomic mass is 79.9. The van der Waals surface area contributed by atoms with E-state index in [-0.39, 0.29) is 11.6 Å². The molecule has 0 aliphatic carbocycles. The lowest BCUT2D eigenvalue weighted by Gasteiger charge is -2.12. The molecule has 1 aromatic carbocycles. The summed E-state index contributed by atoms with van der Waals surface area (Å²) in [4.78, 5) is 0. The van der Waals surface area contributed by atoms with Crippen LogP contribution in [0.5, 0.6) is 0 Å². The molecule has 0 bridgehead atoms. The van der Waals surface area contributed by atoms with Crippen LogP contribution in [0.3, 0.4) is 0 Å². The van der Waals surface area contributed by atoms with Crippen LogP contribution in [0.1, 0.15) is 18.0 Å². The zero-order chi connectivity index (χ0) is 10.7. The molecular formula is C9H10BrClFNO. The Labute approximate surface area is 95.0 Å². The van der Waals surface area contributed by atoms with E-state index in [4.69, 9.17) is 22.4 Å². The number of aliphatic hydroxyl groups excluding tert-OH is 1. The minimum atomic E-state index is -0.532. The highest BCUT2D eigenvalue weighted by Crippen LogP contribution is 2.28. The number of hydrogen-bond donors (Lipinski definition) is 2. The molecular weight excluding hydrogens is 272 g/mol. The summed E-state index contributed by atoms with van der Waals surface area (Å²) in [6, 6.07) is 2.50. The summed E-state index contributed by atoms with van der Waals surface area (Å²) in [6.07, 6.45) is 0.309. The molecule has 0 aromatic heterocycles. The maximum atomic E-state index is 13.4. The normalized spacial score (nSPS) is 12.9. The van der Waals surface area contributed by atoms with Crippen molar-refractivity contribution >= 4 is 27.5 Å². The van der Waals surface area contributed by atoms with Crippen LogP contribution in [-0.2, 0) is 0 Å². The summed E-state index contributed by atoms with van der Waals surface area (Å²) < 4.78 is 14.1. The highest BCUT2D eigenvalue weighted by Gasteiger charge is 2.14. The van der Waals surface area contributed by atoms with Gasteiger partial charge >= 0.3 is 0 Å². The predicted octanol–water partition coefficient (Wildman–Crippen LogP) is 2.62. The Hall–Kier alpha value is -0.160. The maximum Gasteiger partial charge on any atom is 0.146 e. The number of aliphatic hydroxyl groups is 1. The van der Waals surface area contributed by atoms with Crippen molar-refractivity contribution in [3.05, 3.63) is 33.0 Å². The Morgan fingerprint density at radius 2 is 2.21 bits per heavy atom. The second kappa shape index (κ2) is 5.07. The first kappa shape index (κ1) is 11.9. The molecule has 14 heavy (non-hydrogen) atoms. The fraction of sp³-hybridized carbons (Fsp3) is 0.333. The monoisotopic (exact) mass is 281 g/mol. The second-order valence-corrected chi connectivity index (χ2v) is 4.23. The number of benzene rings is 1. The lowest BCUT2D eigenvalue weighted by atomic mass is 10.0. The molecule has 1 aromatic rings. The number of nitrogens with two attached hydrogens (primary N) is 1. The molecule has 0 saturated heterocycles. The topological polar surface area (TPSA) is 46.2 Å². The van der Waals surface area contributed by atoms with Gasteiger partial charge in [0, 0.05) is 22.7 Å². The van der Waals surface area contributed by atoms with E-state index in [2.05, 4.69) is 15.9 Å². The van der Waals surface area contributed by atoms with E-state index in [1.807, 2.05) is 0 Å². The molecule has 0 heterocycles. The summed E-state index contributed by atoms with van der Waals surface area (Å²) in [5.41, 5.74) is 5.98. The van der Waals surface area contributed by atoms with Crippen LogP contribution < -0.4 is 5.73 Å². The standard InChI is InChI=1S/C9H10BrClFNO/c10-5-3-6(8(13)1-2-14)9(12)7(11)4-5/h3-4,8,14H,1-2,13H2/t8-/m0/s1. The summed E-state index contributed by atoms with van der Waals surface area (Å²) in [5, 5.41) is 8.71. The SMILES string of the molecule is N[C@@H](CCO)c1cc(Br)cc(Cl)c1F. The lowest BCUT2D eigenvalue weighted by molar-refractivity contribution is 0.275. The molecule has 5 heteroatoms. The molecule has 0 saturated carbocycles. The Morgan fingerprint density at radius 1 is 1.57 bits per heavy atom. The first-order valence-electron chi connectivity index (χ1n) is 4.07. The molecule has 0 fully saturated rings. The van der Waals surface area contributed by atoms with Crippen molar-refractivity contribution < 1.29 is 9.50 Å². The Balaban J connectivity index is 3.07. The van der Waals surface area contributed by atoms with E-state index >= 15 is 0 Å². The van der Waals surface area contributed by atoms with Crippen molar-refractivity contribution in [2.45, 2.75) is 12.5 Å². The highest BCUT2D eigenvalue weighted by molar-refractivity contribution is 9.10. The Bertz CT molecular complexity index is 335. The van der Waals surface area contributed by atoms with Gasteiger partial charge in [-0.15, -0.1) is 0 Å². The summed E-state index contributed by atoms with van der Waals surface area (Å²) >= 11 is 8.84. The number of halogens is 3. The van der Waals surface area contributed by atoms with Gasteiger partial charge in [0.25, 0.3) is 0 Å². The Morgan fingerprint density at radius 3 is 2.79 bits per heavy atom. The molecule has 0 spiro atoms. The quantitative estimate of drug-likeness (QED) is 0.837. The summed E-state index contributed by atoms with van der Waals surface area (Å²) in [5.74, 6) is -0.518. The van der Waals surface area contributed by atoms with Crippen LogP contribution in [0, 0.1) is 5.82 Å². The summed E-state index contributed by atoms with van der Waals surface area (Å²) in [6.45, 7) is -0.0786. The molecule has 0 amide bonds. The van der Waals surface area contributed by atoms with E-state index in [0.29, 0.717) is 16.5 Å². The Kier molecular flexibility index (Phi) is 4.31. The molecule has 1 rings (SSSR count). The van der Waals surface area contributed by atoms with Crippen LogP contribution in [0.15, 0.2) is 16.6 Å². The maximum absolute atomic E-state index is 13.4. The lowest BCUT2D eigenvalue weighted by Crippen LogP contribution is -2.13. The first-order chi connectivity index (χ1) is 6.56. The van der Waals surface area contributed by atoms with E-state index in [9.17, 15) is 4.39 Å². The van der Waals surface area contributed by atoms with Crippen molar-refractivity contribution in [1.29, 1.82) is 0 Å². The van der Waals surface area contributed by atoms with Gasteiger partial charge in [-0.3, -0.25) is 0 Å². The van der Waals surface area contributed by atoms with Crippen molar-refractivity contribution in [2.75, 3.05) is 6.61 Å². The van der Waals surface area contributed by atoms with Crippen molar-refractivity contribution in [1.82, 2.24) is 0 Å². The van der Waals surface area contributed by atoms with Gasteiger partial charge in [-0.2, -0.15) is 0 Å². The van der Waals surface area contributed by atoms with E-state index in [1.165, 1.54) is 6.07 Å². The van der Waals surface area contributed by atoms with Crippen molar-refractivity contribution in [2.24, 2.45) is 5.73 Å². The van der Waals surface area contributed by atoms with Gasteiger partial charge in [-0.25, -0.2) is 4.39 Å². The van der Waals surface area contributed by atoms with Gasteiger partial charge < -0.3 is 10.8 Å². The van der Waals surface area contributed by atoms with Crippen LogP contribution >= 0.6 is 27.5 Å². The number of rotatable bonds is 3. The van der Waals surface area contributed by atoms with Gasteiger partial charge in [0.1, 0.15) is 5.82 Å². The van der Waals surface area contributed by atoms with Gasteiger partial charge in [0.2, 0.25) is 0 Å². The minimum Gasteiger partial charge on any atom is -0.396 e. The molecule has 78 valence electrons.